The summed E-state index contributed by atoms with van der Waals surface area (Å²) in [5.41, 5.74) is 0.663. The lowest BCUT2D eigenvalue weighted by Gasteiger charge is -2.26. The fourth-order valence-corrected chi connectivity index (χ4v) is 2.51. The molecule has 19 heavy (non-hydrogen) atoms. The van der Waals surface area contributed by atoms with Crippen molar-refractivity contribution in [3.05, 3.63) is 23.2 Å². The minimum absolute atomic E-state index is 0.0199. The minimum Gasteiger partial charge on any atom is -0.506 e. The molecule has 0 unspecified atom stereocenters. The summed E-state index contributed by atoms with van der Waals surface area (Å²) in [6.45, 7) is 0. The zero-order valence-corrected chi connectivity index (χ0v) is 11.8. The second-order valence-corrected chi connectivity index (χ2v) is 5.39. The van der Waals surface area contributed by atoms with Crippen LogP contribution in [0.1, 0.15) is 32.1 Å². The fourth-order valence-electron chi connectivity index (χ4n) is 2.34. The van der Waals surface area contributed by atoms with Crippen molar-refractivity contribution in [1.29, 1.82) is 0 Å². The molecule has 1 aromatic carbocycles. The number of benzene rings is 1. The van der Waals surface area contributed by atoms with E-state index in [1.165, 1.54) is 30.2 Å². The van der Waals surface area contributed by atoms with Crippen molar-refractivity contribution in [2.24, 2.45) is 0 Å². The smallest absolute Gasteiger partial charge is 0.321 e. The molecule has 0 bridgehead atoms. The zero-order valence-electron chi connectivity index (χ0n) is 11.0. The topological polar surface area (TPSA) is 52.6 Å². The highest BCUT2D eigenvalue weighted by molar-refractivity contribution is 6.32. The van der Waals surface area contributed by atoms with Crippen molar-refractivity contribution in [2.45, 2.75) is 38.1 Å². The number of hydrogen-bond donors (Lipinski definition) is 2. The number of halogens is 1. The Bertz CT molecular complexity index is 459. The van der Waals surface area contributed by atoms with Gasteiger partial charge in [-0.2, -0.15) is 0 Å². The molecule has 1 fully saturated rings. The first-order valence-corrected chi connectivity index (χ1v) is 6.98. The van der Waals surface area contributed by atoms with Gasteiger partial charge in [0, 0.05) is 18.8 Å². The molecule has 1 aliphatic carbocycles. The lowest BCUT2D eigenvalue weighted by atomic mass is 9.96. The SMILES string of the molecule is CN(C(=O)NC1CCCCC1)c1ccc(O)c(Cl)c1. The number of nitrogens with one attached hydrogen (secondary N) is 1. The van der Waals surface area contributed by atoms with E-state index >= 15 is 0 Å². The van der Waals surface area contributed by atoms with Crippen LogP contribution in [0.25, 0.3) is 0 Å². The number of carbonyl (C=O) groups excluding carboxylic acids is 1. The Hall–Kier alpha value is -1.42. The minimum atomic E-state index is -0.131. The van der Waals surface area contributed by atoms with Crippen molar-refractivity contribution in [2.75, 3.05) is 11.9 Å². The Morgan fingerprint density at radius 2 is 2.05 bits per heavy atom. The molecule has 0 atom stereocenters. The third-order valence-electron chi connectivity index (χ3n) is 3.56. The Morgan fingerprint density at radius 3 is 2.68 bits per heavy atom. The summed E-state index contributed by atoms with van der Waals surface area (Å²) in [7, 11) is 1.70. The molecule has 1 aliphatic rings. The standard InChI is InChI=1S/C14H19ClN2O2/c1-17(11-7-8-13(18)12(15)9-11)14(19)16-10-5-3-2-4-6-10/h7-10,18H,2-6H2,1H3,(H,16,19). The van der Waals surface area contributed by atoms with Gasteiger partial charge in [-0.1, -0.05) is 30.9 Å². The van der Waals surface area contributed by atoms with Gasteiger partial charge in [0.2, 0.25) is 0 Å². The van der Waals surface area contributed by atoms with Crippen LogP contribution in [-0.4, -0.2) is 24.2 Å². The van der Waals surface area contributed by atoms with Gasteiger partial charge in [-0.15, -0.1) is 0 Å². The van der Waals surface area contributed by atoms with Crippen LogP contribution in [0.2, 0.25) is 5.02 Å². The first kappa shape index (κ1) is 14.0. The van der Waals surface area contributed by atoms with E-state index in [2.05, 4.69) is 5.32 Å². The first-order valence-electron chi connectivity index (χ1n) is 6.60. The number of carbonyl (C=O) groups is 1. The molecule has 2 amide bonds. The maximum absolute atomic E-state index is 12.1. The van der Waals surface area contributed by atoms with Gasteiger partial charge < -0.3 is 10.4 Å². The van der Waals surface area contributed by atoms with Crippen LogP contribution in [0.15, 0.2) is 18.2 Å². The first-order chi connectivity index (χ1) is 9.08. The molecular formula is C14H19ClN2O2. The van der Waals surface area contributed by atoms with Crippen LogP contribution >= 0.6 is 11.6 Å². The summed E-state index contributed by atoms with van der Waals surface area (Å²) < 4.78 is 0. The number of rotatable bonds is 2. The van der Waals surface area contributed by atoms with E-state index < -0.39 is 0 Å². The summed E-state index contributed by atoms with van der Waals surface area (Å²) in [4.78, 5) is 13.6. The molecule has 1 aromatic rings. The molecule has 0 aliphatic heterocycles. The normalized spacial score (nSPS) is 16.1. The molecule has 5 heteroatoms. The van der Waals surface area contributed by atoms with E-state index in [1.807, 2.05) is 0 Å². The second kappa shape index (κ2) is 6.15. The molecule has 0 saturated heterocycles. The molecule has 104 valence electrons. The Balaban J connectivity index is 1.99. The summed E-state index contributed by atoms with van der Waals surface area (Å²) >= 11 is 5.85. The lowest BCUT2D eigenvalue weighted by molar-refractivity contribution is 0.239. The van der Waals surface area contributed by atoms with Gasteiger partial charge in [0.25, 0.3) is 0 Å². The Morgan fingerprint density at radius 1 is 1.37 bits per heavy atom. The Labute approximate surface area is 118 Å². The molecule has 0 aromatic heterocycles. The largest absolute Gasteiger partial charge is 0.506 e. The fraction of sp³-hybridized carbons (Fsp3) is 0.500. The molecule has 2 N–H and O–H groups in total. The predicted octanol–water partition coefficient (Wildman–Crippen LogP) is 3.52. The molecule has 4 nitrogen and oxygen atoms in total. The van der Waals surface area contributed by atoms with Crippen molar-refractivity contribution < 1.29 is 9.90 Å². The number of phenols is 1. The van der Waals surface area contributed by atoms with E-state index in [1.54, 1.807) is 19.2 Å². The van der Waals surface area contributed by atoms with Gasteiger partial charge in [-0.05, 0) is 31.0 Å². The zero-order chi connectivity index (χ0) is 13.8. The molecule has 0 spiro atoms. The highest BCUT2D eigenvalue weighted by atomic mass is 35.5. The maximum atomic E-state index is 12.1. The molecule has 1 saturated carbocycles. The average molecular weight is 283 g/mol. The highest BCUT2D eigenvalue weighted by Gasteiger charge is 2.19. The summed E-state index contributed by atoms with van der Waals surface area (Å²) in [6.07, 6.45) is 5.72. The van der Waals surface area contributed by atoms with Crippen LogP contribution in [-0.2, 0) is 0 Å². The van der Waals surface area contributed by atoms with Crippen molar-refractivity contribution in [1.82, 2.24) is 5.32 Å². The summed E-state index contributed by atoms with van der Waals surface area (Å²) in [5.74, 6) is 0.0199. The number of phenolic OH excluding ortho intramolecular Hbond substituents is 1. The molecular weight excluding hydrogens is 264 g/mol. The number of aromatic hydroxyl groups is 1. The quantitative estimate of drug-likeness (QED) is 0.872. The van der Waals surface area contributed by atoms with Gasteiger partial charge in [0.15, 0.2) is 0 Å². The average Bonchev–Trinajstić information content (AvgIpc) is 2.42. The molecule has 0 heterocycles. The third kappa shape index (κ3) is 3.53. The van der Waals surface area contributed by atoms with E-state index in [-0.39, 0.29) is 22.8 Å². The van der Waals surface area contributed by atoms with Crippen LogP contribution in [0.3, 0.4) is 0 Å². The number of nitrogens with zero attached hydrogens (tertiary/aromatic N) is 1. The van der Waals surface area contributed by atoms with Crippen LogP contribution in [0.4, 0.5) is 10.5 Å². The van der Waals surface area contributed by atoms with Gasteiger partial charge in [-0.3, -0.25) is 4.90 Å². The van der Waals surface area contributed by atoms with Crippen molar-refractivity contribution >= 4 is 23.3 Å². The lowest BCUT2D eigenvalue weighted by Crippen LogP contribution is -2.43. The number of urea groups is 1. The number of amides is 2. The number of hydrogen-bond acceptors (Lipinski definition) is 2. The number of anilines is 1. The third-order valence-corrected chi connectivity index (χ3v) is 3.86. The summed E-state index contributed by atoms with van der Waals surface area (Å²) in [6, 6.07) is 4.88. The molecule has 0 radical (unpaired) electrons. The predicted molar refractivity (Wildman–Crippen MR) is 76.9 cm³/mol. The van der Waals surface area contributed by atoms with Crippen molar-refractivity contribution in [3.63, 3.8) is 0 Å². The van der Waals surface area contributed by atoms with Gasteiger partial charge >= 0.3 is 6.03 Å². The highest BCUT2D eigenvalue weighted by Crippen LogP contribution is 2.28. The monoisotopic (exact) mass is 282 g/mol. The summed E-state index contributed by atoms with van der Waals surface area (Å²) in [5, 5.41) is 12.7. The molecule has 2 rings (SSSR count). The van der Waals surface area contributed by atoms with Crippen LogP contribution in [0.5, 0.6) is 5.75 Å². The van der Waals surface area contributed by atoms with Gasteiger partial charge in [0.05, 0.1) is 5.02 Å². The van der Waals surface area contributed by atoms with E-state index in [0.29, 0.717) is 5.69 Å². The van der Waals surface area contributed by atoms with Crippen molar-refractivity contribution in [3.8, 4) is 5.75 Å². The maximum Gasteiger partial charge on any atom is 0.321 e. The Kier molecular flexibility index (Phi) is 4.53. The van der Waals surface area contributed by atoms with E-state index in [0.717, 1.165) is 12.8 Å². The van der Waals surface area contributed by atoms with E-state index in [9.17, 15) is 9.90 Å². The van der Waals surface area contributed by atoms with E-state index in [4.69, 9.17) is 11.6 Å². The van der Waals surface area contributed by atoms with Crippen LogP contribution in [0, 0.1) is 0 Å². The second-order valence-electron chi connectivity index (χ2n) is 4.98. The van der Waals surface area contributed by atoms with Crippen LogP contribution < -0.4 is 10.2 Å². The van der Waals surface area contributed by atoms with Gasteiger partial charge in [0.1, 0.15) is 5.75 Å². The van der Waals surface area contributed by atoms with Gasteiger partial charge in [-0.25, -0.2) is 4.79 Å².